The van der Waals surface area contributed by atoms with E-state index in [-0.39, 0.29) is 7.33 Å². The van der Waals surface area contributed by atoms with E-state index in [1.165, 1.54) is 0 Å². The molecular formula is C6H14N2OS. The van der Waals surface area contributed by atoms with Gasteiger partial charge in [0.25, 0.3) is 0 Å². The summed E-state index contributed by atoms with van der Waals surface area (Å²) in [5, 5.41) is 0. The average Bonchev–Trinajstić information content (AvgIpc) is 1.76. The first-order valence-electron chi connectivity index (χ1n) is 3.36. The molecule has 0 saturated carbocycles. The Kier molecular flexibility index (Phi) is 2.56. The highest BCUT2D eigenvalue weighted by molar-refractivity contribution is 7.78. The Bertz CT molecular complexity index is 139. The Morgan fingerprint density at radius 3 is 2.90 bits per heavy atom. The zero-order valence-corrected chi connectivity index (χ0v) is 6.90. The number of rotatable bonds is 2. The Morgan fingerprint density at radius 1 is 1.90 bits per heavy atom. The lowest BCUT2D eigenvalue weighted by Gasteiger charge is -2.38. The molecule has 1 saturated heterocycles. The van der Waals surface area contributed by atoms with E-state index in [0.29, 0.717) is 5.92 Å². The number of hydrogen-bond acceptors (Lipinski definition) is 3. The standard InChI is InChI=1S/C6H12N2OS.H2/c1-5(9)8-3-6(4-8)2-7-10;/h6-7,10H,2-4H2,1H3;1H. The van der Waals surface area contributed by atoms with Crippen molar-refractivity contribution in [3.05, 3.63) is 0 Å². The fraction of sp³-hybridized carbons (Fsp3) is 0.833. The second-order valence-electron chi connectivity index (χ2n) is 2.65. The molecule has 0 aromatic carbocycles. The summed E-state index contributed by atoms with van der Waals surface area (Å²) in [5.74, 6) is 0.789. The van der Waals surface area contributed by atoms with E-state index in [4.69, 9.17) is 0 Å². The van der Waals surface area contributed by atoms with Crippen LogP contribution >= 0.6 is 12.8 Å². The van der Waals surface area contributed by atoms with Crippen molar-refractivity contribution >= 4 is 18.7 Å². The van der Waals surface area contributed by atoms with Gasteiger partial charge in [-0.3, -0.25) is 9.52 Å². The molecule has 10 heavy (non-hydrogen) atoms. The zero-order valence-electron chi connectivity index (χ0n) is 6.00. The Morgan fingerprint density at radius 2 is 2.50 bits per heavy atom. The maximum Gasteiger partial charge on any atom is 0.219 e. The van der Waals surface area contributed by atoms with Crippen LogP contribution in [0.2, 0.25) is 0 Å². The molecule has 0 spiro atoms. The van der Waals surface area contributed by atoms with E-state index in [2.05, 4.69) is 17.5 Å². The molecule has 0 unspecified atom stereocenters. The van der Waals surface area contributed by atoms with E-state index in [9.17, 15) is 4.79 Å². The molecule has 1 fully saturated rings. The maximum absolute atomic E-state index is 10.7. The van der Waals surface area contributed by atoms with E-state index in [1.54, 1.807) is 6.92 Å². The number of nitrogens with zero attached hydrogens (tertiary/aromatic N) is 1. The number of hydrogen-bond donors (Lipinski definition) is 2. The minimum Gasteiger partial charge on any atom is -0.342 e. The highest BCUT2D eigenvalue weighted by Gasteiger charge is 2.27. The minimum atomic E-state index is 0. The van der Waals surface area contributed by atoms with E-state index >= 15 is 0 Å². The van der Waals surface area contributed by atoms with Crippen molar-refractivity contribution in [2.45, 2.75) is 6.92 Å². The van der Waals surface area contributed by atoms with Crippen molar-refractivity contribution in [2.75, 3.05) is 19.6 Å². The van der Waals surface area contributed by atoms with Crippen LogP contribution in [0.4, 0.5) is 0 Å². The molecule has 1 heterocycles. The van der Waals surface area contributed by atoms with Crippen LogP contribution in [0.1, 0.15) is 8.35 Å². The molecule has 60 valence electrons. The van der Waals surface area contributed by atoms with Crippen molar-refractivity contribution in [3.63, 3.8) is 0 Å². The third-order valence-electron chi connectivity index (χ3n) is 1.78. The topological polar surface area (TPSA) is 32.3 Å². The van der Waals surface area contributed by atoms with Gasteiger partial charge in [-0.2, -0.15) is 0 Å². The van der Waals surface area contributed by atoms with E-state index in [0.717, 1.165) is 19.6 Å². The average molecular weight is 162 g/mol. The van der Waals surface area contributed by atoms with Gasteiger partial charge >= 0.3 is 0 Å². The highest BCUT2D eigenvalue weighted by atomic mass is 32.1. The normalized spacial score (nSPS) is 18.8. The lowest BCUT2D eigenvalue weighted by molar-refractivity contribution is -0.134. The predicted octanol–water partition coefficient (Wildman–Crippen LogP) is 0.145. The van der Waals surface area contributed by atoms with Gasteiger partial charge in [-0.25, -0.2) is 0 Å². The molecule has 0 atom stereocenters. The molecule has 0 aromatic rings. The molecule has 4 heteroatoms. The van der Waals surface area contributed by atoms with Gasteiger partial charge in [0.15, 0.2) is 0 Å². The Hall–Kier alpha value is -0.220. The molecule has 1 N–H and O–H groups in total. The van der Waals surface area contributed by atoms with E-state index < -0.39 is 0 Å². The number of carbonyl (C=O) groups is 1. The quantitative estimate of drug-likeness (QED) is 0.566. The first kappa shape index (κ1) is 7.88. The van der Waals surface area contributed by atoms with Crippen LogP contribution in [-0.4, -0.2) is 30.4 Å². The van der Waals surface area contributed by atoms with Crippen molar-refractivity contribution in [2.24, 2.45) is 5.92 Å². The van der Waals surface area contributed by atoms with Crippen LogP contribution in [0.5, 0.6) is 0 Å². The molecule has 0 aromatic heterocycles. The second-order valence-corrected chi connectivity index (χ2v) is 2.97. The molecule has 1 amide bonds. The van der Waals surface area contributed by atoms with Crippen molar-refractivity contribution < 1.29 is 6.22 Å². The third kappa shape index (κ3) is 1.64. The van der Waals surface area contributed by atoms with Crippen LogP contribution in [0.15, 0.2) is 0 Å². The summed E-state index contributed by atoms with van der Waals surface area (Å²) in [6.45, 7) is 4.28. The summed E-state index contributed by atoms with van der Waals surface area (Å²) < 4.78 is 2.79. The number of nitrogens with one attached hydrogen (secondary N) is 1. The number of carbonyl (C=O) groups excluding carboxylic acids is 1. The van der Waals surface area contributed by atoms with Crippen molar-refractivity contribution in [1.29, 1.82) is 0 Å². The monoisotopic (exact) mass is 162 g/mol. The third-order valence-corrected chi connectivity index (χ3v) is 1.97. The van der Waals surface area contributed by atoms with Gasteiger partial charge in [-0.05, 0) is 0 Å². The molecule has 1 aliphatic rings. The molecule has 1 aliphatic heterocycles. The highest BCUT2D eigenvalue weighted by Crippen LogP contribution is 2.13. The SMILES string of the molecule is CC(=O)N1CC(CNS)C1.[HH]. The van der Waals surface area contributed by atoms with Crippen molar-refractivity contribution in [1.82, 2.24) is 9.62 Å². The van der Waals surface area contributed by atoms with Crippen LogP contribution in [0.3, 0.4) is 0 Å². The summed E-state index contributed by atoms with van der Waals surface area (Å²) in [5.41, 5.74) is 0. The van der Waals surface area contributed by atoms with Gasteiger partial charge in [-0.15, -0.1) is 0 Å². The lowest BCUT2D eigenvalue weighted by Crippen LogP contribution is -2.51. The van der Waals surface area contributed by atoms with Crippen LogP contribution in [-0.2, 0) is 4.79 Å². The van der Waals surface area contributed by atoms with Gasteiger partial charge in [-0.1, -0.05) is 12.8 Å². The fourth-order valence-corrected chi connectivity index (χ4v) is 1.34. The molecule has 0 radical (unpaired) electrons. The van der Waals surface area contributed by atoms with Gasteiger partial charge in [0.05, 0.1) is 0 Å². The first-order chi connectivity index (χ1) is 4.74. The molecule has 1 rings (SSSR count). The van der Waals surface area contributed by atoms with Crippen LogP contribution in [0, 0.1) is 5.92 Å². The summed E-state index contributed by atoms with van der Waals surface area (Å²) >= 11 is 3.88. The minimum absolute atomic E-state index is 0. The fourth-order valence-electron chi connectivity index (χ4n) is 1.09. The summed E-state index contributed by atoms with van der Waals surface area (Å²) in [4.78, 5) is 12.5. The molecule has 0 aliphatic carbocycles. The van der Waals surface area contributed by atoms with Gasteiger partial charge in [0.2, 0.25) is 5.91 Å². The molecule has 0 bridgehead atoms. The summed E-state index contributed by atoms with van der Waals surface area (Å²) in [6.07, 6.45) is 0. The number of amides is 1. The van der Waals surface area contributed by atoms with E-state index in [1.807, 2.05) is 4.90 Å². The van der Waals surface area contributed by atoms with Crippen LogP contribution in [0.25, 0.3) is 0 Å². The molecule has 3 nitrogen and oxygen atoms in total. The molecular weight excluding hydrogens is 148 g/mol. The summed E-state index contributed by atoms with van der Waals surface area (Å²) in [7, 11) is 0. The lowest BCUT2D eigenvalue weighted by atomic mass is 10.0. The maximum atomic E-state index is 10.7. The predicted molar refractivity (Wildman–Crippen MR) is 44.8 cm³/mol. The Balaban J connectivity index is 0.000001000. The van der Waals surface area contributed by atoms with Crippen LogP contribution < -0.4 is 4.72 Å². The van der Waals surface area contributed by atoms with Gasteiger partial charge in [0.1, 0.15) is 0 Å². The number of thiol groups is 1. The smallest absolute Gasteiger partial charge is 0.219 e. The van der Waals surface area contributed by atoms with Gasteiger partial charge in [0, 0.05) is 33.9 Å². The van der Waals surface area contributed by atoms with Gasteiger partial charge < -0.3 is 4.90 Å². The zero-order chi connectivity index (χ0) is 7.56. The Labute approximate surface area is 67.8 Å². The second kappa shape index (κ2) is 3.25. The first-order valence-corrected chi connectivity index (χ1v) is 3.81. The largest absolute Gasteiger partial charge is 0.342 e. The summed E-state index contributed by atoms with van der Waals surface area (Å²) in [6, 6.07) is 0. The number of likely N-dealkylation sites (tertiary alicyclic amines) is 1. The van der Waals surface area contributed by atoms with Crippen molar-refractivity contribution in [3.8, 4) is 0 Å².